The molecule has 2 rings (SSSR count). The molecule has 1 saturated heterocycles. The molecule has 4 nitrogen and oxygen atoms in total. The number of nitrogens with zero attached hydrogens (tertiary/aromatic N) is 2. The van der Waals surface area contributed by atoms with Gasteiger partial charge in [-0.15, -0.1) is 0 Å². The van der Waals surface area contributed by atoms with E-state index < -0.39 is 0 Å². The molecule has 0 aliphatic carbocycles. The third kappa shape index (κ3) is 2.04. The van der Waals surface area contributed by atoms with Crippen molar-refractivity contribution in [2.45, 2.75) is 18.9 Å². The fourth-order valence-electron chi connectivity index (χ4n) is 1.87. The lowest BCUT2D eigenvalue weighted by Crippen LogP contribution is -2.40. The number of pyridine rings is 1. The summed E-state index contributed by atoms with van der Waals surface area (Å²) in [6.07, 6.45) is 3.35. The lowest BCUT2D eigenvalue weighted by atomic mass is 10.2. The smallest absolute Gasteiger partial charge is 0.240 e. The van der Waals surface area contributed by atoms with Crippen molar-refractivity contribution in [3.05, 3.63) is 23.4 Å². The quantitative estimate of drug-likeness (QED) is 0.823. The second-order valence-electron chi connectivity index (χ2n) is 3.59. The third-order valence-electron chi connectivity index (χ3n) is 2.59. The van der Waals surface area contributed by atoms with Gasteiger partial charge < -0.3 is 10.6 Å². The first kappa shape index (κ1) is 10.2. The maximum absolute atomic E-state index is 11.2. The zero-order chi connectivity index (χ0) is 10.8. The fourth-order valence-corrected chi connectivity index (χ4v) is 1.99. The molecule has 1 unspecified atom stereocenters. The molecular formula is C10H12ClN3O. The van der Waals surface area contributed by atoms with E-state index in [1.165, 1.54) is 0 Å². The van der Waals surface area contributed by atoms with Crippen LogP contribution >= 0.6 is 11.6 Å². The van der Waals surface area contributed by atoms with E-state index in [0.29, 0.717) is 5.02 Å². The molecule has 5 heteroatoms. The summed E-state index contributed by atoms with van der Waals surface area (Å²) >= 11 is 5.74. The van der Waals surface area contributed by atoms with Crippen molar-refractivity contribution < 1.29 is 4.79 Å². The first-order chi connectivity index (χ1) is 7.18. The first-order valence-corrected chi connectivity index (χ1v) is 5.24. The van der Waals surface area contributed by atoms with Gasteiger partial charge in [0.15, 0.2) is 0 Å². The Labute approximate surface area is 93.0 Å². The van der Waals surface area contributed by atoms with Gasteiger partial charge in [0.05, 0.1) is 5.02 Å². The van der Waals surface area contributed by atoms with Gasteiger partial charge in [-0.1, -0.05) is 11.6 Å². The van der Waals surface area contributed by atoms with Crippen LogP contribution in [0, 0.1) is 0 Å². The van der Waals surface area contributed by atoms with Crippen molar-refractivity contribution >= 4 is 23.3 Å². The summed E-state index contributed by atoms with van der Waals surface area (Å²) in [6.45, 7) is 0.822. The number of anilines is 1. The Hall–Kier alpha value is -1.29. The van der Waals surface area contributed by atoms with Crippen LogP contribution in [-0.2, 0) is 4.79 Å². The minimum atomic E-state index is -0.288. The Morgan fingerprint density at radius 2 is 2.40 bits per heavy atom. The molecule has 1 aromatic rings. The lowest BCUT2D eigenvalue weighted by molar-refractivity contribution is -0.119. The van der Waals surface area contributed by atoms with E-state index in [1.807, 2.05) is 11.0 Å². The molecule has 2 N–H and O–H groups in total. The van der Waals surface area contributed by atoms with Gasteiger partial charge in [-0.25, -0.2) is 4.98 Å². The monoisotopic (exact) mass is 225 g/mol. The molecule has 1 aliphatic rings. The van der Waals surface area contributed by atoms with Gasteiger partial charge in [-0.2, -0.15) is 0 Å². The first-order valence-electron chi connectivity index (χ1n) is 4.86. The number of aromatic nitrogens is 1. The highest BCUT2D eigenvalue weighted by atomic mass is 35.5. The standard InChI is InChI=1S/C10H12ClN3O/c11-7-3-4-9(13-6-7)14-5-1-2-8(14)10(12)15/h3-4,6,8H,1-2,5H2,(H2,12,15). The number of nitrogens with two attached hydrogens (primary N) is 1. The van der Waals surface area contributed by atoms with Crippen LogP contribution in [-0.4, -0.2) is 23.5 Å². The molecule has 0 radical (unpaired) electrons. The zero-order valence-corrected chi connectivity index (χ0v) is 8.94. The van der Waals surface area contributed by atoms with Crippen LogP contribution in [0.3, 0.4) is 0 Å². The topological polar surface area (TPSA) is 59.2 Å². The predicted molar refractivity (Wildman–Crippen MR) is 58.8 cm³/mol. The van der Waals surface area contributed by atoms with E-state index in [2.05, 4.69) is 4.98 Å². The highest BCUT2D eigenvalue weighted by Gasteiger charge is 2.29. The van der Waals surface area contributed by atoms with Gasteiger partial charge in [0, 0.05) is 12.7 Å². The fraction of sp³-hybridized carbons (Fsp3) is 0.400. The summed E-state index contributed by atoms with van der Waals surface area (Å²) < 4.78 is 0. The van der Waals surface area contributed by atoms with Gasteiger partial charge in [-0.3, -0.25) is 4.79 Å². The van der Waals surface area contributed by atoms with E-state index in [-0.39, 0.29) is 11.9 Å². The van der Waals surface area contributed by atoms with Crippen LogP contribution in [0.1, 0.15) is 12.8 Å². The summed E-state index contributed by atoms with van der Waals surface area (Å²) in [5, 5.41) is 0.591. The molecular weight excluding hydrogens is 214 g/mol. The number of amides is 1. The maximum atomic E-state index is 11.2. The molecule has 0 spiro atoms. The molecule has 2 heterocycles. The van der Waals surface area contributed by atoms with Crippen molar-refractivity contribution in [1.29, 1.82) is 0 Å². The summed E-state index contributed by atoms with van der Waals surface area (Å²) in [6, 6.07) is 3.35. The zero-order valence-electron chi connectivity index (χ0n) is 8.19. The molecule has 1 aromatic heterocycles. The van der Waals surface area contributed by atoms with Crippen molar-refractivity contribution in [3.8, 4) is 0 Å². The van der Waals surface area contributed by atoms with Crippen LogP contribution < -0.4 is 10.6 Å². The van der Waals surface area contributed by atoms with Crippen LogP contribution in [0.25, 0.3) is 0 Å². The molecule has 1 amide bonds. The average Bonchev–Trinajstić information content (AvgIpc) is 2.67. The normalized spacial score (nSPS) is 20.6. The number of primary amides is 1. The largest absolute Gasteiger partial charge is 0.368 e. The Morgan fingerprint density at radius 1 is 1.60 bits per heavy atom. The van der Waals surface area contributed by atoms with E-state index in [4.69, 9.17) is 17.3 Å². The molecule has 1 aliphatic heterocycles. The lowest BCUT2D eigenvalue weighted by Gasteiger charge is -2.22. The van der Waals surface area contributed by atoms with E-state index in [1.54, 1.807) is 12.3 Å². The summed E-state index contributed by atoms with van der Waals surface area (Å²) in [5.74, 6) is 0.477. The molecule has 0 bridgehead atoms. The summed E-state index contributed by atoms with van der Waals surface area (Å²) in [5.41, 5.74) is 5.32. The van der Waals surface area contributed by atoms with Crippen molar-refractivity contribution in [2.24, 2.45) is 5.73 Å². The second-order valence-corrected chi connectivity index (χ2v) is 4.02. The Morgan fingerprint density at radius 3 is 3.00 bits per heavy atom. The van der Waals surface area contributed by atoms with E-state index in [0.717, 1.165) is 25.2 Å². The SMILES string of the molecule is NC(=O)C1CCCN1c1ccc(Cl)cn1. The van der Waals surface area contributed by atoms with Crippen LogP contribution in [0.4, 0.5) is 5.82 Å². The van der Waals surface area contributed by atoms with E-state index >= 15 is 0 Å². The van der Waals surface area contributed by atoms with Gasteiger partial charge in [0.2, 0.25) is 5.91 Å². The second kappa shape index (κ2) is 4.06. The van der Waals surface area contributed by atoms with Gasteiger partial charge >= 0.3 is 0 Å². The van der Waals surface area contributed by atoms with Crippen molar-refractivity contribution in [2.75, 3.05) is 11.4 Å². The summed E-state index contributed by atoms with van der Waals surface area (Å²) in [7, 11) is 0. The number of hydrogen-bond acceptors (Lipinski definition) is 3. The molecule has 1 fully saturated rings. The number of halogens is 1. The van der Waals surface area contributed by atoms with Crippen molar-refractivity contribution in [1.82, 2.24) is 4.98 Å². The highest BCUT2D eigenvalue weighted by Crippen LogP contribution is 2.24. The van der Waals surface area contributed by atoms with E-state index in [9.17, 15) is 4.79 Å². The van der Waals surface area contributed by atoms with Gasteiger partial charge in [0.25, 0.3) is 0 Å². The predicted octanol–water partition coefficient (Wildman–Crippen LogP) is 1.19. The Kier molecular flexibility index (Phi) is 2.77. The van der Waals surface area contributed by atoms with Crippen LogP contribution in [0.5, 0.6) is 0 Å². The summed E-state index contributed by atoms with van der Waals surface area (Å²) in [4.78, 5) is 17.3. The Balaban J connectivity index is 2.22. The van der Waals surface area contributed by atoms with Crippen molar-refractivity contribution in [3.63, 3.8) is 0 Å². The van der Waals surface area contributed by atoms with Crippen LogP contribution in [0.15, 0.2) is 18.3 Å². The molecule has 80 valence electrons. The third-order valence-corrected chi connectivity index (χ3v) is 2.81. The van der Waals surface area contributed by atoms with Gasteiger partial charge in [-0.05, 0) is 25.0 Å². The molecule has 15 heavy (non-hydrogen) atoms. The molecule has 0 saturated carbocycles. The molecule has 1 atom stereocenters. The Bertz CT molecular complexity index is 365. The number of carbonyl (C=O) groups excluding carboxylic acids is 1. The van der Waals surface area contributed by atoms with Crippen LogP contribution in [0.2, 0.25) is 5.02 Å². The number of carbonyl (C=O) groups is 1. The number of hydrogen-bond donors (Lipinski definition) is 1. The maximum Gasteiger partial charge on any atom is 0.240 e. The minimum Gasteiger partial charge on any atom is -0.368 e. The van der Waals surface area contributed by atoms with Gasteiger partial charge in [0.1, 0.15) is 11.9 Å². The number of rotatable bonds is 2. The highest BCUT2D eigenvalue weighted by molar-refractivity contribution is 6.30. The minimum absolute atomic E-state index is 0.223. The average molecular weight is 226 g/mol. The molecule has 0 aromatic carbocycles.